The highest BCUT2D eigenvalue weighted by molar-refractivity contribution is 9.10. The van der Waals surface area contributed by atoms with Crippen LogP contribution < -0.4 is 34.9 Å². The van der Waals surface area contributed by atoms with Crippen LogP contribution in [0.4, 0.5) is 5.69 Å². The van der Waals surface area contributed by atoms with Gasteiger partial charge in [0.1, 0.15) is 32.5 Å². The van der Waals surface area contributed by atoms with E-state index in [-0.39, 0.29) is 57.7 Å². The number of halogens is 3. The van der Waals surface area contributed by atoms with E-state index in [0.717, 1.165) is 16.8 Å². The third-order valence-corrected chi connectivity index (χ3v) is 11.5. The number of pyridine rings is 4. The smallest absolute Gasteiger partial charge is 0.306 e. The van der Waals surface area contributed by atoms with Crippen LogP contribution >= 0.6 is 39.1 Å². The topological polar surface area (TPSA) is 243 Å². The second kappa shape index (κ2) is 25.5. The molecule has 4 heterocycles. The van der Waals surface area contributed by atoms with Crippen molar-refractivity contribution in [2.24, 2.45) is 0 Å². The molecule has 0 saturated heterocycles. The minimum absolute atomic E-state index is 0.00656. The van der Waals surface area contributed by atoms with Gasteiger partial charge in [0, 0.05) is 108 Å². The van der Waals surface area contributed by atoms with Gasteiger partial charge in [-0.05, 0) is 53.2 Å². The molecule has 4 aromatic heterocycles. The fourth-order valence-corrected chi connectivity index (χ4v) is 7.65. The summed E-state index contributed by atoms with van der Waals surface area (Å²) in [6, 6.07) is 22.0. The minimum Gasteiger partial charge on any atom is -0.481 e. The summed E-state index contributed by atoms with van der Waals surface area (Å²) < 4.78 is 25.2. The molecule has 68 heavy (non-hydrogen) atoms. The van der Waals surface area contributed by atoms with Gasteiger partial charge in [0.15, 0.2) is 0 Å². The summed E-state index contributed by atoms with van der Waals surface area (Å²) in [7, 11) is 1.81. The lowest BCUT2D eigenvalue weighted by molar-refractivity contribution is -0.139. The van der Waals surface area contributed by atoms with E-state index < -0.39 is 24.5 Å². The predicted octanol–water partition coefficient (Wildman–Crippen LogP) is 8.11. The van der Waals surface area contributed by atoms with Crippen LogP contribution in [0.1, 0.15) is 58.2 Å². The number of nitriles is 1. The minimum atomic E-state index is -1.12. The van der Waals surface area contributed by atoms with E-state index in [1.165, 1.54) is 6.20 Å². The Morgan fingerprint density at radius 3 is 2.03 bits per heavy atom. The molecule has 0 radical (unpaired) electrons. The molecule has 6 rings (SSSR count). The number of nitrogens with zero attached hydrogens (tertiary/aromatic N) is 5. The van der Waals surface area contributed by atoms with E-state index in [1.807, 2.05) is 48.5 Å². The molecule has 0 fully saturated rings. The van der Waals surface area contributed by atoms with Crippen molar-refractivity contribution in [1.29, 1.82) is 5.26 Å². The van der Waals surface area contributed by atoms with Crippen molar-refractivity contribution < 1.29 is 43.9 Å². The second-order valence-electron chi connectivity index (χ2n) is 15.1. The van der Waals surface area contributed by atoms with Crippen LogP contribution in [0, 0.1) is 11.3 Å². The number of anilines is 1. The van der Waals surface area contributed by atoms with Crippen molar-refractivity contribution in [2.45, 2.75) is 64.9 Å². The average Bonchev–Trinajstić information content (AvgIpc) is 3.33. The third-order valence-electron chi connectivity index (χ3n) is 10.0. The lowest BCUT2D eigenvalue weighted by Crippen LogP contribution is -2.28. The molecule has 354 valence electrons. The molecule has 0 spiro atoms. The first-order valence-corrected chi connectivity index (χ1v) is 22.7. The molecule has 0 bridgehead atoms. The molecule has 17 nitrogen and oxygen atoms in total. The van der Waals surface area contributed by atoms with E-state index >= 15 is 0 Å². The fraction of sp³-hybridized carbons (Fsp3) is 0.271. The van der Waals surface area contributed by atoms with Crippen LogP contribution in [0.2, 0.25) is 10.0 Å². The molecular weight excluding hydrogens is 983 g/mol. The Morgan fingerprint density at radius 1 is 0.735 bits per heavy atom. The number of carboxylic acids is 2. The van der Waals surface area contributed by atoms with Crippen LogP contribution in [-0.4, -0.2) is 73.4 Å². The van der Waals surface area contributed by atoms with Gasteiger partial charge >= 0.3 is 11.9 Å². The van der Waals surface area contributed by atoms with Gasteiger partial charge < -0.3 is 50.2 Å². The lowest BCUT2D eigenvalue weighted by atomic mass is 10.0. The van der Waals surface area contributed by atoms with Crippen LogP contribution in [0.25, 0.3) is 11.1 Å². The number of nitrogens with one attached hydrogen (secondary N) is 3. The number of benzene rings is 2. The molecule has 0 saturated carbocycles. The number of aliphatic hydroxyl groups is 1. The van der Waals surface area contributed by atoms with Gasteiger partial charge in [-0.2, -0.15) is 15.2 Å². The Balaban J connectivity index is 1.16. The summed E-state index contributed by atoms with van der Waals surface area (Å²) in [6.07, 6.45) is 5.45. The third kappa shape index (κ3) is 15.0. The van der Waals surface area contributed by atoms with Crippen molar-refractivity contribution in [3.05, 3.63) is 145 Å². The van der Waals surface area contributed by atoms with Crippen molar-refractivity contribution in [2.75, 3.05) is 25.5 Å². The van der Waals surface area contributed by atoms with E-state index in [1.54, 1.807) is 43.8 Å². The molecule has 0 unspecified atom stereocenters. The highest BCUT2D eigenvalue weighted by Crippen LogP contribution is 2.38. The zero-order chi connectivity index (χ0) is 48.4. The molecule has 0 aliphatic heterocycles. The predicted molar refractivity (Wildman–Crippen MR) is 257 cm³/mol. The molecule has 0 aliphatic carbocycles. The van der Waals surface area contributed by atoms with Crippen LogP contribution in [0.3, 0.4) is 0 Å². The SMILES string of the molecule is CNc1cncc(COc2nc(OCc3cccc(-c4cccc(COc5nc(OCc6cncc(C#N)c6)c(CNC[C@@H](O)CC(=O)O)cc5Br)c4Cl)c3Cl)ccc2CNCCCC(=O)O)c1. The van der Waals surface area contributed by atoms with Gasteiger partial charge in [-0.25, -0.2) is 0 Å². The first-order chi connectivity index (χ1) is 32.9. The molecule has 20 heteroatoms. The van der Waals surface area contributed by atoms with Gasteiger partial charge in [0.25, 0.3) is 0 Å². The summed E-state index contributed by atoms with van der Waals surface area (Å²) in [5.74, 6) is -0.935. The van der Waals surface area contributed by atoms with E-state index in [9.17, 15) is 20.0 Å². The standard InChI is InChI=1S/C48H47BrCl2N8O9/c1-53-36-14-31(20-56-23-36)26-66-46-32(21-54-12-4-9-42(61)62)10-11-41(58-46)65-27-33-5-2-7-38(44(33)50)39-8-3-6-34(45(39)51)28-68-48-40(49)15-35(22-57-24-37(60)16-43(63)64)47(59-48)67-25-30-13-29(17-52)18-55-19-30/h2-3,5-8,10-11,13-15,18-20,23,37,53-54,57,60H,4,9,12,16,21-22,24-28H2,1H3,(H,61,62)(H,63,64)/t37-/m0/s1. The summed E-state index contributed by atoms with van der Waals surface area (Å²) in [5, 5.41) is 47.6. The summed E-state index contributed by atoms with van der Waals surface area (Å²) in [6.45, 7) is 1.38. The van der Waals surface area contributed by atoms with Crippen LogP contribution in [0.5, 0.6) is 23.5 Å². The molecule has 6 aromatic rings. The maximum absolute atomic E-state index is 11.0. The quantitative estimate of drug-likeness (QED) is 0.0281. The zero-order valence-corrected chi connectivity index (χ0v) is 39.8. The number of aliphatic carboxylic acids is 2. The number of aliphatic hydroxyl groups excluding tert-OH is 1. The maximum atomic E-state index is 11.0. The van der Waals surface area contributed by atoms with E-state index in [2.05, 4.69) is 57.9 Å². The number of hydrogen-bond donors (Lipinski definition) is 6. The van der Waals surface area contributed by atoms with Gasteiger partial charge in [-0.3, -0.25) is 19.6 Å². The largest absolute Gasteiger partial charge is 0.481 e. The average molecular weight is 1030 g/mol. The summed E-state index contributed by atoms with van der Waals surface area (Å²) in [4.78, 5) is 39.7. The Bertz CT molecular complexity index is 2750. The van der Waals surface area contributed by atoms with Crippen molar-refractivity contribution in [3.63, 3.8) is 0 Å². The molecule has 1 atom stereocenters. The van der Waals surface area contributed by atoms with Crippen molar-refractivity contribution in [3.8, 4) is 40.7 Å². The van der Waals surface area contributed by atoms with Gasteiger partial charge in [0.2, 0.25) is 23.5 Å². The number of hydrogen-bond acceptors (Lipinski definition) is 15. The zero-order valence-electron chi connectivity index (χ0n) is 36.7. The lowest BCUT2D eigenvalue weighted by Gasteiger charge is -2.17. The highest BCUT2D eigenvalue weighted by Gasteiger charge is 2.19. The number of rotatable bonds is 26. The first kappa shape index (κ1) is 50.8. The molecular formula is C48H47BrCl2N8O9. The number of ether oxygens (including phenoxy) is 4. The van der Waals surface area contributed by atoms with Crippen LogP contribution in [0.15, 0.2) is 96.0 Å². The number of aromatic nitrogens is 4. The number of carboxylic acid groups (broad SMARTS) is 2. The Labute approximate surface area is 410 Å². The number of carbonyl (C=O) groups is 2. The van der Waals surface area contributed by atoms with E-state index in [4.69, 9.17) is 52.4 Å². The molecule has 2 aromatic carbocycles. The fourth-order valence-electron chi connectivity index (χ4n) is 6.60. The normalized spacial score (nSPS) is 11.4. The van der Waals surface area contributed by atoms with Crippen molar-refractivity contribution in [1.82, 2.24) is 30.6 Å². The van der Waals surface area contributed by atoms with Gasteiger partial charge in [0.05, 0.1) is 38.3 Å². The Kier molecular flexibility index (Phi) is 19.1. The Morgan fingerprint density at radius 2 is 1.37 bits per heavy atom. The maximum Gasteiger partial charge on any atom is 0.306 e. The molecule has 6 N–H and O–H groups in total. The highest BCUT2D eigenvalue weighted by atomic mass is 79.9. The van der Waals surface area contributed by atoms with E-state index in [0.29, 0.717) is 84.7 Å². The summed E-state index contributed by atoms with van der Waals surface area (Å²) in [5.41, 5.74) is 6.63. The summed E-state index contributed by atoms with van der Waals surface area (Å²) >= 11 is 17.7. The second-order valence-corrected chi connectivity index (χ2v) is 16.8. The van der Waals surface area contributed by atoms with Gasteiger partial charge in [-0.15, -0.1) is 0 Å². The molecule has 0 aliphatic rings. The van der Waals surface area contributed by atoms with Crippen LogP contribution in [-0.2, 0) is 49.1 Å². The molecule has 0 amide bonds. The van der Waals surface area contributed by atoms with Crippen molar-refractivity contribution >= 4 is 56.8 Å². The first-order valence-electron chi connectivity index (χ1n) is 21.1. The van der Waals surface area contributed by atoms with Gasteiger partial charge in [-0.1, -0.05) is 59.6 Å². The Hall–Kier alpha value is -6.59. The monoisotopic (exact) mass is 1030 g/mol.